The number of nitrogen functional groups attached to an aromatic ring is 1. The zero-order valence-electron chi connectivity index (χ0n) is 11.1. The minimum absolute atomic E-state index is 0.0676. The van der Waals surface area contributed by atoms with Crippen molar-refractivity contribution in [2.75, 3.05) is 12.8 Å². The maximum Gasteiger partial charge on any atom is 0.269 e. The Morgan fingerprint density at radius 1 is 1.41 bits per heavy atom. The molecule has 4 N–H and O–H groups in total. The summed E-state index contributed by atoms with van der Waals surface area (Å²) in [6.45, 7) is 7.92. The van der Waals surface area contributed by atoms with Crippen LogP contribution in [0.5, 0.6) is 5.75 Å². The molecule has 5 nitrogen and oxygen atoms in total. The predicted octanol–water partition coefficient (Wildman–Crippen LogP) is 1.92. The van der Waals surface area contributed by atoms with E-state index in [4.69, 9.17) is 16.2 Å². The molecule has 0 unspecified atom stereocenters. The Kier molecular flexibility index (Phi) is 6.02. The molecule has 1 amide bonds. The summed E-state index contributed by atoms with van der Waals surface area (Å²) in [4.78, 5) is 15.2. The van der Waals surface area contributed by atoms with Crippen molar-refractivity contribution in [1.82, 2.24) is 4.98 Å². The molecule has 0 bridgehead atoms. The number of primary amides is 1. The van der Waals surface area contributed by atoms with Crippen LogP contribution in [-0.4, -0.2) is 18.0 Å². The quantitative estimate of drug-likeness (QED) is 0.843. The standard InChI is InChI=1S/C10H15N3O2.C2H6/c1-5(2)6-4-7(15-3)8(11)9(13-6)10(12)14;1-2/h4-5H,11H2,1-3H3,(H2,12,14);1-2H3. The van der Waals surface area contributed by atoms with Gasteiger partial charge in [-0.15, -0.1) is 0 Å². The summed E-state index contributed by atoms with van der Waals surface area (Å²) in [6, 6.07) is 1.71. The van der Waals surface area contributed by atoms with Crippen LogP contribution in [0.15, 0.2) is 6.07 Å². The summed E-state index contributed by atoms with van der Waals surface area (Å²) in [5.41, 5.74) is 11.8. The second-order valence-corrected chi connectivity index (χ2v) is 3.53. The van der Waals surface area contributed by atoms with Crippen LogP contribution in [0.3, 0.4) is 0 Å². The van der Waals surface area contributed by atoms with E-state index in [1.165, 1.54) is 7.11 Å². The van der Waals surface area contributed by atoms with Crippen LogP contribution >= 0.6 is 0 Å². The third-order valence-corrected chi connectivity index (χ3v) is 2.09. The van der Waals surface area contributed by atoms with Gasteiger partial charge in [-0.2, -0.15) is 0 Å². The Labute approximate surface area is 102 Å². The fourth-order valence-corrected chi connectivity index (χ4v) is 1.20. The van der Waals surface area contributed by atoms with E-state index in [9.17, 15) is 4.79 Å². The second kappa shape index (κ2) is 6.73. The number of methoxy groups -OCH3 is 1. The van der Waals surface area contributed by atoms with Gasteiger partial charge < -0.3 is 16.2 Å². The van der Waals surface area contributed by atoms with Crippen molar-refractivity contribution in [3.8, 4) is 5.75 Å². The first kappa shape index (κ1) is 15.2. The molecule has 0 radical (unpaired) electrons. The number of nitrogens with two attached hydrogens (primary N) is 2. The van der Waals surface area contributed by atoms with Crippen molar-refractivity contribution >= 4 is 11.6 Å². The van der Waals surface area contributed by atoms with E-state index in [2.05, 4.69) is 4.98 Å². The molecule has 96 valence electrons. The number of ether oxygens (including phenoxy) is 1. The van der Waals surface area contributed by atoms with Crippen LogP contribution in [-0.2, 0) is 0 Å². The van der Waals surface area contributed by atoms with E-state index in [1.807, 2.05) is 27.7 Å². The van der Waals surface area contributed by atoms with Gasteiger partial charge >= 0.3 is 0 Å². The highest BCUT2D eigenvalue weighted by molar-refractivity contribution is 5.97. The SMILES string of the molecule is CC.COc1cc(C(C)C)nc(C(N)=O)c1N. The number of anilines is 1. The number of aromatic nitrogens is 1. The van der Waals surface area contributed by atoms with Crippen molar-refractivity contribution < 1.29 is 9.53 Å². The Balaban J connectivity index is 0.00000121. The lowest BCUT2D eigenvalue weighted by Gasteiger charge is -2.12. The highest BCUT2D eigenvalue weighted by atomic mass is 16.5. The molecule has 1 heterocycles. The van der Waals surface area contributed by atoms with Crippen LogP contribution < -0.4 is 16.2 Å². The first-order chi connectivity index (χ1) is 7.97. The molecule has 17 heavy (non-hydrogen) atoms. The summed E-state index contributed by atoms with van der Waals surface area (Å²) in [6.07, 6.45) is 0. The molecule has 0 fully saturated rings. The number of amides is 1. The van der Waals surface area contributed by atoms with Crippen molar-refractivity contribution in [2.45, 2.75) is 33.6 Å². The lowest BCUT2D eigenvalue weighted by Crippen LogP contribution is -2.17. The molecule has 0 spiro atoms. The Morgan fingerprint density at radius 3 is 2.29 bits per heavy atom. The van der Waals surface area contributed by atoms with Gasteiger partial charge in [0.2, 0.25) is 0 Å². The molecule has 1 aromatic heterocycles. The van der Waals surface area contributed by atoms with E-state index >= 15 is 0 Å². The first-order valence-corrected chi connectivity index (χ1v) is 5.61. The average molecular weight is 239 g/mol. The number of rotatable bonds is 3. The fraction of sp³-hybridized carbons (Fsp3) is 0.500. The molecule has 0 aromatic carbocycles. The molecule has 5 heteroatoms. The van der Waals surface area contributed by atoms with Crippen molar-refractivity contribution in [3.63, 3.8) is 0 Å². The molecule has 0 saturated carbocycles. The topological polar surface area (TPSA) is 91.2 Å². The van der Waals surface area contributed by atoms with E-state index < -0.39 is 5.91 Å². The number of hydrogen-bond acceptors (Lipinski definition) is 4. The lowest BCUT2D eigenvalue weighted by molar-refractivity contribution is 0.0996. The van der Waals surface area contributed by atoms with Crippen LogP contribution in [0.4, 0.5) is 5.69 Å². The number of carbonyl (C=O) groups excluding carboxylic acids is 1. The molecule has 1 rings (SSSR count). The highest BCUT2D eigenvalue weighted by Crippen LogP contribution is 2.27. The Hall–Kier alpha value is -1.78. The Bertz CT molecular complexity index is 390. The number of pyridine rings is 1. The van der Waals surface area contributed by atoms with Crippen LogP contribution in [0.1, 0.15) is 49.8 Å². The van der Waals surface area contributed by atoms with Gasteiger partial charge in [-0.3, -0.25) is 4.79 Å². The smallest absolute Gasteiger partial charge is 0.269 e. The van der Waals surface area contributed by atoms with Crippen molar-refractivity contribution in [2.24, 2.45) is 5.73 Å². The predicted molar refractivity (Wildman–Crippen MR) is 69.2 cm³/mol. The van der Waals surface area contributed by atoms with Crippen molar-refractivity contribution in [1.29, 1.82) is 0 Å². The van der Waals surface area contributed by atoms with E-state index in [0.717, 1.165) is 5.69 Å². The van der Waals surface area contributed by atoms with Crippen LogP contribution in [0, 0.1) is 0 Å². The van der Waals surface area contributed by atoms with Gasteiger partial charge in [-0.25, -0.2) is 4.98 Å². The highest BCUT2D eigenvalue weighted by Gasteiger charge is 2.15. The third kappa shape index (κ3) is 3.62. The second-order valence-electron chi connectivity index (χ2n) is 3.53. The molecule has 1 aromatic rings. The monoisotopic (exact) mass is 239 g/mol. The van der Waals surface area contributed by atoms with E-state index in [-0.39, 0.29) is 17.3 Å². The summed E-state index contributed by atoms with van der Waals surface area (Å²) in [5, 5.41) is 0. The molecule has 0 aliphatic rings. The van der Waals surface area contributed by atoms with Crippen LogP contribution in [0.25, 0.3) is 0 Å². The summed E-state index contributed by atoms with van der Waals surface area (Å²) < 4.78 is 5.05. The van der Waals surface area contributed by atoms with Gasteiger partial charge in [0.15, 0.2) is 5.69 Å². The van der Waals surface area contributed by atoms with Gasteiger partial charge in [-0.05, 0) is 5.92 Å². The third-order valence-electron chi connectivity index (χ3n) is 2.09. The largest absolute Gasteiger partial charge is 0.494 e. The maximum absolute atomic E-state index is 11.1. The normalized spacial score (nSPS) is 9.53. The summed E-state index contributed by atoms with van der Waals surface area (Å²) in [7, 11) is 1.49. The number of nitrogens with zero attached hydrogens (tertiary/aromatic N) is 1. The van der Waals surface area contributed by atoms with Gasteiger partial charge in [0.05, 0.1) is 7.11 Å². The van der Waals surface area contributed by atoms with Crippen molar-refractivity contribution in [3.05, 3.63) is 17.5 Å². The molecular weight excluding hydrogens is 218 g/mol. The number of hydrogen-bond donors (Lipinski definition) is 2. The molecule has 0 saturated heterocycles. The van der Waals surface area contributed by atoms with E-state index in [1.54, 1.807) is 6.07 Å². The van der Waals surface area contributed by atoms with Gasteiger partial charge in [-0.1, -0.05) is 27.7 Å². The molecular formula is C12H21N3O2. The lowest BCUT2D eigenvalue weighted by atomic mass is 10.1. The number of carbonyl (C=O) groups is 1. The van der Waals surface area contributed by atoms with Crippen LogP contribution in [0.2, 0.25) is 0 Å². The summed E-state index contributed by atoms with van der Waals surface area (Å²) in [5.74, 6) is -0.0339. The van der Waals surface area contributed by atoms with Gasteiger partial charge in [0.1, 0.15) is 11.4 Å². The summed E-state index contributed by atoms with van der Waals surface area (Å²) >= 11 is 0. The minimum Gasteiger partial charge on any atom is -0.494 e. The van der Waals surface area contributed by atoms with Gasteiger partial charge in [0, 0.05) is 11.8 Å². The molecule has 0 atom stereocenters. The zero-order chi connectivity index (χ0) is 13.6. The average Bonchev–Trinajstić information content (AvgIpc) is 2.31. The Morgan fingerprint density at radius 2 is 1.94 bits per heavy atom. The maximum atomic E-state index is 11.1. The molecule has 0 aliphatic heterocycles. The minimum atomic E-state index is -0.645. The van der Waals surface area contributed by atoms with Gasteiger partial charge in [0.25, 0.3) is 5.91 Å². The molecule has 0 aliphatic carbocycles. The fourth-order valence-electron chi connectivity index (χ4n) is 1.20. The first-order valence-electron chi connectivity index (χ1n) is 5.61. The van der Waals surface area contributed by atoms with E-state index in [0.29, 0.717) is 5.75 Å². The zero-order valence-corrected chi connectivity index (χ0v) is 11.1.